The molecule has 0 radical (unpaired) electrons. The van der Waals surface area contributed by atoms with E-state index in [-0.39, 0.29) is 0 Å². The smallest absolute Gasteiger partial charge is 0.279 e. The van der Waals surface area contributed by atoms with Crippen LogP contribution in [0.4, 0.5) is 0 Å². The lowest BCUT2D eigenvalue weighted by atomic mass is 9.98. The Kier molecular flexibility index (Phi) is 4.41. The lowest BCUT2D eigenvalue weighted by molar-refractivity contribution is 0.268. The second-order valence-corrected chi connectivity index (χ2v) is 6.95. The van der Waals surface area contributed by atoms with Gasteiger partial charge in [0, 0.05) is 19.6 Å². The van der Waals surface area contributed by atoms with Crippen LogP contribution in [0.15, 0.2) is 0 Å². The maximum Gasteiger partial charge on any atom is 0.279 e. The van der Waals surface area contributed by atoms with Gasteiger partial charge in [-0.2, -0.15) is 12.7 Å². The first-order valence-electron chi connectivity index (χ1n) is 6.51. The highest BCUT2D eigenvalue weighted by atomic mass is 32.2. The molecule has 0 spiro atoms. The minimum atomic E-state index is -3.21. The second kappa shape index (κ2) is 5.65. The third kappa shape index (κ3) is 3.91. The summed E-state index contributed by atoms with van der Waals surface area (Å²) in [5.74, 6) is 1.21. The minimum absolute atomic E-state index is 0.589. The Morgan fingerprint density at radius 2 is 1.65 bits per heavy atom. The van der Waals surface area contributed by atoms with Crippen LogP contribution in [0.25, 0.3) is 0 Å². The average molecular weight is 261 g/mol. The standard InChI is InChI=1S/C11H23N3O2S/c1-12-8-11-4-6-14(7-5-11)17(15,16)13-9-10-2-3-10/h10-13H,2-9H2,1H3. The maximum atomic E-state index is 12.0. The van der Waals surface area contributed by atoms with Gasteiger partial charge in [0.1, 0.15) is 0 Å². The van der Waals surface area contributed by atoms with Gasteiger partial charge >= 0.3 is 0 Å². The number of piperidine rings is 1. The van der Waals surface area contributed by atoms with E-state index < -0.39 is 10.2 Å². The van der Waals surface area contributed by atoms with Gasteiger partial charge in [0.2, 0.25) is 0 Å². The highest BCUT2D eigenvalue weighted by molar-refractivity contribution is 7.87. The summed E-state index contributed by atoms with van der Waals surface area (Å²) in [6.45, 7) is 2.93. The molecule has 0 unspecified atom stereocenters. The SMILES string of the molecule is CNCC1CCN(S(=O)(=O)NCC2CC2)CC1. The van der Waals surface area contributed by atoms with E-state index in [1.807, 2.05) is 7.05 Å². The van der Waals surface area contributed by atoms with Gasteiger partial charge in [-0.1, -0.05) is 0 Å². The summed E-state index contributed by atoms with van der Waals surface area (Å²) >= 11 is 0. The number of nitrogens with zero attached hydrogens (tertiary/aromatic N) is 1. The molecule has 0 aromatic rings. The van der Waals surface area contributed by atoms with E-state index in [9.17, 15) is 8.42 Å². The largest absolute Gasteiger partial charge is 0.319 e. The van der Waals surface area contributed by atoms with E-state index in [1.165, 1.54) is 12.8 Å². The highest BCUT2D eigenvalue weighted by Gasteiger charge is 2.29. The molecular weight excluding hydrogens is 238 g/mol. The third-order valence-electron chi connectivity index (χ3n) is 3.66. The zero-order valence-electron chi connectivity index (χ0n) is 10.5. The van der Waals surface area contributed by atoms with Crippen molar-refractivity contribution in [1.82, 2.24) is 14.3 Å². The molecule has 1 saturated heterocycles. The van der Waals surface area contributed by atoms with Gasteiger partial charge in [-0.15, -0.1) is 0 Å². The number of rotatable bonds is 6. The molecular formula is C11H23N3O2S. The molecule has 17 heavy (non-hydrogen) atoms. The summed E-state index contributed by atoms with van der Waals surface area (Å²) < 4.78 is 28.3. The van der Waals surface area contributed by atoms with Crippen LogP contribution in [0.1, 0.15) is 25.7 Å². The van der Waals surface area contributed by atoms with E-state index in [4.69, 9.17) is 0 Å². The average Bonchev–Trinajstić information content (AvgIpc) is 3.12. The number of hydrogen-bond donors (Lipinski definition) is 2. The normalized spacial score (nSPS) is 24.1. The van der Waals surface area contributed by atoms with Crippen molar-refractivity contribution in [3.8, 4) is 0 Å². The van der Waals surface area contributed by atoms with Crippen LogP contribution >= 0.6 is 0 Å². The fourth-order valence-corrected chi connectivity index (χ4v) is 3.60. The molecule has 0 atom stereocenters. The van der Waals surface area contributed by atoms with Crippen LogP contribution in [0, 0.1) is 11.8 Å². The molecule has 2 N–H and O–H groups in total. The molecule has 0 amide bonds. The van der Waals surface area contributed by atoms with E-state index >= 15 is 0 Å². The molecule has 1 aliphatic heterocycles. The molecule has 2 aliphatic rings. The molecule has 6 heteroatoms. The van der Waals surface area contributed by atoms with Crippen LogP contribution in [0.3, 0.4) is 0 Å². The summed E-state index contributed by atoms with van der Waals surface area (Å²) in [5, 5.41) is 3.16. The van der Waals surface area contributed by atoms with Crippen LogP contribution in [-0.4, -0.2) is 45.9 Å². The molecule has 100 valence electrons. The van der Waals surface area contributed by atoms with E-state index in [0.29, 0.717) is 31.5 Å². The molecule has 1 heterocycles. The van der Waals surface area contributed by atoms with Crippen molar-refractivity contribution in [2.75, 3.05) is 33.2 Å². The van der Waals surface area contributed by atoms with Gasteiger partial charge in [-0.05, 0) is 51.1 Å². The summed E-state index contributed by atoms with van der Waals surface area (Å²) in [5.41, 5.74) is 0. The van der Waals surface area contributed by atoms with Crippen molar-refractivity contribution in [1.29, 1.82) is 0 Å². The summed E-state index contributed by atoms with van der Waals surface area (Å²) in [6.07, 6.45) is 4.27. The van der Waals surface area contributed by atoms with Crippen molar-refractivity contribution in [2.24, 2.45) is 11.8 Å². The Morgan fingerprint density at radius 3 is 2.18 bits per heavy atom. The van der Waals surface area contributed by atoms with Crippen LogP contribution in [0.2, 0.25) is 0 Å². The predicted molar refractivity (Wildman–Crippen MR) is 67.9 cm³/mol. The Balaban J connectivity index is 1.77. The van der Waals surface area contributed by atoms with Gasteiger partial charge in [-0.25, -0.2) is 4.72 Å². The van der Waals surface area contributed by atoms with Gasteiger partial charge in [0.05, 0.1) is 0 Å². The molecule has 0 aromatic carbocycles. The van der Waals surface area contributed by atoms with Gasteiger partial charge < -0.3 is 5.32 Å². The first-order valence-corrected chi connectivity index (χ1v) is 7.95. The Bertz CT molecular complexity index is 333. The molecule has 0 bridgehead atoms. The fraction of sp³-hybridized carbons (Fsp3) is 1.00. The number of nitrogens with one attached hydrogen (secondary N) is 2. The fourth-order valence-electron chi connectivity index (χ4n) is 2.28. The second-order valence-electron chi connectivity index (χ2n) is 5.20. The van der Waals surface area contributed by atoms with Crippen LogP contribution in [-0.2, 0) is 10.2 Å². The molecule has 1 saturated carbocycles. The van der Waals surface area contributed by atoms with E-state index in [2.05, 4.69) is 10.0 Å². The van der Waals surface area contributed by atoms with Gasteiger partial charge in [0.25, 0.3) is 10.2 Å². The highest BCUT2D eigenvalue weighted by Crippen LogP contribution is 2.28. The Hall–Kier alpha value is -0.170. The lowest BCUT2D eigenvalue weighted by Gasteiger charge is -2.31. The zero-order chi connectivity index (χ0) is 12.3. The molecule has 0 aromatic heterocycles. The molecule has 2 rings (SSSR count). The van der Waals surface area contributed by atoms with Crippen molar-refractivity contribution >= 4 is 10.2 Å². The summed E-state index contributed by atoms with van der Waals surface area (Å²) in [6, 6.07) is 0. The number of hydrogen-bond acceptors (Lipinski definition) is 3. The molecule has 5 nitrogen and oxygen atoms in total. The summed E-state index contributed by atoms with van der Waals surface area (Å²) in [7, 11) is -1.27. The zero-order valence-corrected chi connectivity index (χ0v) is 11.3. The first kappa shape index (κ1) is 13.3. The third-order valence-corrected chi connectivity index (χ3v) is 5.23. The summed E-state index contributed by atoms with van der Waals surface area (Å²) in [4.78, 5) is 0. The van der Waals surface area contributed by atoms with E-state index in [1.54, 1.807) is 4.31 Å². The molecule has 2 fully saturated rings. The Morgan fingerprint density at radius 1 is 1.06 bits per heavy atom. The maximum absolute atomic E-state index is 12.0. The quantitative estimate of drug-likeness (QED) is 0.716. The van der Waals surface area contributed by atoms with E-state index in [0.717, 1.165) is 19.4 Å². The van der Waals surface area contributed by atoms with Gasteiger partial charge in [0.15, 0.2) is 0 Å². The topological polar surface area (TPSA) is 61.4 Å². The van der Waals surface area contributed by atoms with Crippen molar-refractivity contribution in [2.45, 2.75) is 25.7 Å². The van der Waals surface area contributed by atoms with Crippen molar-refractivity contribution < 1.29 is 8.42 Å². The van der Waals surface area contributed by atoms with Crippen LogP contribution in [0.5, 0.6) is 0 Å². The predicted octanol–water partition coefficient (Wildman–Crippen LogP) is 0.162. The first-order chi connectivity index (χ1) is 8.12. The lowest BCUT2D eigenvalue weighted by Crippen LogP contribution is -2.46. The molecule has 1 aliphatic carbocycles. The Labute approximate surface area is 104 Å². The van der Waals surface area contributed by atoms with Gasteiger partial charge in [-0.3, -0.25) is 0 Å². The monoisotopic (exact) mass is 261 g/mol. The van der Waals surface area contributed by atoms with Crippen molar-refractivity contribution in [3.63, 3.8) is 0 Å². The van der Waals surface area contributed by atoms with Crippen molar-refractivity contribution in [3.05, 3.63) is 0 Å². The van der Waals surface area contributed by atoms with Crippen LogP contribution < -0.4 is 10.0 Å². The minimum Gasteiger partial charge on any atom is -0.319 e.